The van der Waals surface area contributed by atoms with Gasteiger partial charge in [0.15, 0.2) is 0 Å². The highest BCUT2D eigenvalue weighted by atomic mass is 35.5. The SMILES string of the molecule is CCCc1cc(Cl)c2c(F)ccc(F)c2n1. The smallest absolute Gasteiger partial charge is 0.149 e. The van der Waals surface area contributed by atoms with Crippen molar-refractivity contribution in [1.29, 1.82) is 0 Å². The van der Waals surface area contributed by atoms with Gasteiger partial charge in [-0.05, 0) is 24.6 Å². The van der Waals surface area contributed by atoms with Crippen LogP contribution >= 0.6 is 11.6 Å². The van der Waals surface area contributed by atoms with Crippen LogP contribution in [0, 0.1) is 11.6 Å². The molecule has 16 heavy (non-hydrogen) atoms. The molecule has 0 N–H and O–H groups in total. The fourth-order valence-corrected chi connectivity index (χ4v) is 1.96. The van der Waals surface area contributed by atoms with Crippen molar-refractivity contribution < 1.29 is 8.78 Å². The molecule has 84 valence electrons. The maximum absolute atomic E-state index is 13.5. The van der Waals surface area contributed by atoms with E-state index in [1.807, 2.05) is 6.92 Å². The van der Waals surface area contributed by atoms with Gasteiger partial charge < -0.3 is 0 Å². The van der Waals surface area contributed by atoms with Crippen LogP contribution in [-0.2, 0) is 6.42 Å². The standard InChI is InChI=1S/C12H10ClF2N/c1-2-3-7-6-8(13)11-9(14)4-5-10(15)12(11)16-7/h4-6H,2-3H2,1H3. The molecule has 1 aromatic carbocycles. The molecule has 2 aromatic rings. The summed E-state index contributed by atoms with van der Waals surface area (Å²) in [5.41, 5.74) is 0.695. The fraction of sp³-hybridized carbons (Fsp3) is 0.250. The molecule has 1 heterocycles. The molecule has 0 fully saturated rings. The van der Waals surface area contributed by atoms with E-state index in [1.54, 1.807) is 6.07 Å². The Morgan fingerprint density at radius 2 is 1.94 bits per heavy atom. The summed E-state index contributed by atoms with van der Waals surface area (Å²) in [5, 5.41) is 0.270. The van der Waals surface area contributed by atoms with Crippen molar-refractivity contribution in [3.05, 3.63) is 40.6 Å². The predicted octanol–water partition coefficient (Wildman–Crippen LogP) is 4.12. The molecule has 0 unspecified atom stereocenters. The van der Waals surface area contributed by atoms with Gasteiger partial charge in [-0.15, -0.1) is 0 Å². The maximum Gasteiger partial charge on any atom is 0.149 e. The van der Waals surface area contributed by atoms with Crippen molar-refractivity contribution >= 4 is 22.5 Å². The van der Waals surface area contributed by atoms with Crippen LogP contribution < -0.4 is 0 Å². The number of aromatic nitrogens is 1. The Morgan fingerprint density at radius 1 is 1.25 bits per heavy atom. The summed E-state index contributed by atoms with van der Waals surface area (Å²) in [7, 11) is 0. The fourth-order valence-electron chi connectivity index (χ4n) is 1.66. The van der Waals surface area contributed by atoms with Gasteiger partial charge in [0.1, 0.15) is 17.2 Å². The minimum atomic E-state index is -0.545. The Balaban J connectivity index is 2.76. The first kappa shape index (κ1) is 11.3. The summed E-state index contributed by atoms with van der Waals surface area (Å²) in [5.74, 6) is -1.09. The Kier molecular flexibility index (Phi) is 3.06. The van der Waals surface area contributed by atoms with Crippen molar-refractivity contribution in [3.8, 4) is 0 Å². The van der Waals surface area contributed by atoms with Gasteiger partial charge in [0, 0.05) is 5.69 Å². The third-order valence-electron chi connectivity index (χ3n) is 2.37. The number of pyridine rings is 1. The second kappa shape index (κ2) is 4.34. The first-order valence-corrected chi connectivity index (χ1v) is 5.44. The number of hydrogen-bond acceptors (Lipinski definition) is 1. The monoisotopic (exact) mass is 241 g/mol. The number of benzene rings is 1. The zero-order valence-corrected chi connectivity index (χ0v) is 9.48. The van der Waals surface area contributed by atoms with E-state index in [1.165, 1.54) is 0 Å². The highest BCUT2D eigenvalue weighted by molar-refractivity contribution is 6.35. The van der Waals surface area contributed by atoms with Crippen molar-refractivity contribution in [1.82, 2.24) is 4.98 Å². The Morgan fingerprint density at radius 3 is 2.62 bits per heavy atom. The third-order valence-corrected chi connectivity index (χ3v) is 2.67. The second-order valence-corrected chi connectivity index (χ2v) is 4.01. The molecule has 0 radical (unpaired) electrons. The number of halogens is 3. The van der Waals surface area contributed by atoms with E-state index >= 15 is 0 Å². The van der Waals surface area contributed by atoms with Crippen molar-refractivity contribution in [2.24, 2.45) is 0 Å². The van der Waals surface area contributed by atoms with Crippen LogP contribution in [0.25, 0.3) is 10.9 Å². The van der Waals surface area contributed by atoms with Gasteiger partial charge in [0.05, 0.1) is 10.4 Å². The Labute approximate surface area is 97.1 Å². The largest absolute Gasteiger partial charge is 0.250 e. The van der Waals surface area contributed by atoms with Crippen LogP contribution in [0.3, 0.4) is 0 Å². The van der Waals surface area contributed by atoms with E-state index in [2.05, 4.69) is 4.98 Å². The van der Waals surface area contributed by atoms with Crippen molar-refractivity contribution in [3.63, 3.8) is 0 Å². The predicted molar refractivity (Wildman–Crippen MR) is 60.7 cm³/mol. The molecule has 4 heteroatoms. The molecule has 0 aliphatic carbocycles. The normalized spacial score (nSPS) is 11.0. The highest BCUT2D eigenvalue weighted by Crippen LogP contribution is 2.27. The lowest BCUT2D eigenvalue weighted by Crippen LogP contribution is -1.95. The molecule has 0 amide bonds. The van der Waals surface area contributed by atoms with Gasteiger partial charge in [0.2, 0.25) is 0 Å². The van der Waals surface area contributed by atoms with Gasteiger partial charge in [-0.1, -0.05) is 24.9 Å². The van der Waals surface area contributed by atoms with Crippen molar-refractivity contribution in [2.75, 3.05) is 0 Å². The van der Waals surface area contributed by atoms with Crippen LogP contribution in [0.4, 0.5) is 8.78 Å². The van der Waals surface area contributed by atoms with Gasteiger partial charge in [-0.25, -0.2) is 13.8 Å². The molecule has 0 atom stereocenters. The first-order chi connectivity index (χ1) is 7.63. The lowest BCUT2D eigenvalue weighted by Gasteiger charge is -2.06. The molecule has 0 aliphatic heterocycles. The highest BCUT2D eigenvalue weighted by Gasteiger charge is 2.12. The average Bonchev–Trinajstić information content (AvgIpc) is 2.23. The molecular formula is C12H10ClF2N. The lowest BCUT2D eigenvalue weighted by molar-refractivity contribution is 0.614. The van der Waals surface area contributed by atoms with Gasteiger partial charge in [-0.2, -0.15) is 0 Å². The molecule has 2 rings (SSSR count). The summed E-state index contributed by atoms with van der Waals surface area (Å²) in [6.45, 7) is 1.99. The van der Waals surface area contributed by atoms with E-state index < -0.39 is 11.6 Å². The summed E-state index contributed by atoms with van der Waals surface area (Å²) in [6, 6.07) is 3.72. The molecular weight excluding hydrogens is 232 g/mol. The van der Waals surface area contributed by atoms with E-state index in [4.69, 9.17) is 11.6 Å². The zero-order valence-electron chi connectivity index (χ0n) is 8.73. The molecule has 0 bridgehead atoms. The number of fused-ring (bicyclic) bond motifs is 1. The number of rotatable bonds is 2. The van der Waals surface area contributed by atoms with Crippen LogP contribution in [-0.4, -0.2) is 4.98 Å². The first-order valence-electron chi connectivity index (χ1n) is 5.06. The second-order valence-electron chi connectivity index (χ2n) is 3.60. The Bertz CT molecular complexity index is 540. The average molecular weight is 242 g/mol. The van der Waals surface area contributed by atoms with Crippen LogP contribution in [0.2, 0.25) is 5.02 Å². The summed E-state index contributed by atoms with van der Waals surface area (Å²) in [4.78, 5) is 4.09. The summed E-state index contributed by atoms with van der Waals surface area (Å²) in [6.07, 6.45) is 1.58. The maximum atomic E-state index is 13.5. The number of hydrogen-bond donors (Lipinski definition) is 0. The topological polar surface area (TPSA) is 12.9 Å². The Hall–Kier alpha value is -1.22. The zero-order chi connectivity index (χ0) is 11.7. The minimum absolute atomic E-state index is 0.0101. The van der Waals surface area contributed by atoms with Gasteiger partial charge >= 0.3 is 0 Å². The molecule has 1 aromatic heterocycles. The van der Waals surface area contributed by atoms with Crippen LogP contribution in [0.15, 0.2) is 18.2 Å². The number of nitrogens with zero attached hydrogens (tertiary/aromatic N) is 1. The van der Waals surface area contributed by atoms with E-state index in [-0.39, 0.29) is 15.9 Å². The van der Waals surface area contributed by atoms with Gasteiger partial charge in [0.25, 0.3) is 0 Å². The van der Waals surface area contributed by atoms with Gasteiger partial charge in [-0.3, -0.25) is 0 Å². The third kappa shape index (κ3) is 1.87. The van der Waals surface area contributed by atoms with Crippen molar-refractivity contribution in [2.45, 2.75) is 19.8 Å². The molecule has 0 saturated carbocycles. The van der Waals surface area contributed by atoms with E-state index in [9.17, 15) is 8.78 Å². The molecule has 0 saturated heterocycles. The molecule has 0 aliphatic rings. The number of aryl methyl sites for hydroxylation is 1. The summed E-state index contributed by atoms with van der Waals surface area (Å²) < 4.78 is 26.9. The quantitative estimate of drug-likeness (QED) is 0.771. The van der Waals surface area contributed by atoms with Crippen LogP contribution in [0.5, 0.6) is 0 Å². The van der Waals surface area contributed by atoms with Crippen LogP contribution in [0.1, 0.15) is 19.0 Å². The van der Waals surface area contributed by atoms with E-state index in [0.717, 1.165) is 18.6 Å². The van der Waals surface area contributed by atoms with E-state index in [0.29, 0.717) is 12.1 Å². The minimum Gasteiger partial charge on any atom is -0.250 e. The summed E-state index contributed by atoms with van der Waals surface area (Å²) >= 11 is 5.93. The lowest BCUT2D eigenvalue weighted by atomic mass is 10.1. The molecule has 1 nitrogen and oxygen atoms in total. The molecule has 0 spiro atoms.